The molecule has 0 radical (unpaired) electrons. The zero-order valence-electron chi connectivity index (χ0n) is 28.8. The second-order valence-corrected chi connectivity index (χ2v) is 14.4. The minimum atomic E-state index is -0.363. The van der Waals surface area contributed by atoms with Crippen LogP contribution in [0.3, 0.4) is 0 Å². The Balaban J connectivity index is 0.970. The number of ether oxygens (including phenoxy) is 5. The van der Waals surface area contributed by atoms with Crippen molar-refractivity contribution in [2.45, 2.75) is 217 Å². The number of aliphatic hydroxyl groups is 1. The number of rotatable bonds is 21. The van der Waals surface area contributed by atoms with Crippen LogP contribution in [0.5, 0.6) is 0 Å². The van der Waals surface area contributed by atoms with Gasteiger partial charge >= 0.3 is 5.97 Å². The minimum absolute atomic E-state index is 0.0445. The number of cyclic esters (lactones) is 1. The van der Waals surface area contributed by atoms with E-state index in [2.05, 4.69) is 6.92 Å². The average Bonchev–Trinajstić information content (AvgIpc) is 3.77. The molecule has 4 heterocycles. The second kappa shape index (κ2) is 21.1. The molecule has 0 aromatic heterocycles. The molecule has 4 rings (SSSR count). The molecule has 1 N–H and O–H groups in total. The molecule has 7 nitrogen and oxygen atoms in total. The molecule has 0 spiro atoms. The lowest BCUT2D eigenvalue weighted by Crippen LogP contribution is -2.35. The Bertz CT molecular complexity index is 836. The number of esters is 1. The Morgan fingerprint density at radius 1 is 0.733 bits per heavy atom. The van der Waals surface area contributed by atoms with E-state index in [0.29, 0.717) is 12.9 Å². The van der Waals surface area contributed by atoms with Gasteiger partial charge in [0.1, 0.15) is 12.9 Å². The highest BCUT2D eigenvalue weighted by Crippen LogP contribution is 2.36. The van der Waals surface area contributed by atoms with Crippen LogP contribution in [0.2, 0.25) is 0 Å². The maximum atomic E-state index is 11.6. The van der Waals surface area contributed by atoms with Gasteiger partial charge in [-0.15, -0.1) is 0 Å². The number of unbranched alkanes of at least 4 members (excludes halogenated alkanes) is 12. The monoisotopic (exact) mass is 634 g/mol. The number of aliphatic hydroxyl groups excluding tert-OH is 1. The summed E-state index contributed by atoms with van der Waals surface area (Å²) in [4.78, 5) is 11.6. The summed E-state index contributed by atoms with van der Waals surface area (Å²) in [6, 6.07) is 0. The molecule has 4 aliphatic heterocycles. The van der Waals surface area contributed by atoms with Gasteiger partial charge in [-0.05, 0) is 83.6 Å². The Morgan fingerprint density at radius 2 is 1.38 bits per heavy atom. The summed E-state index contributed by atoms with van der Waals surface area (Å²) in [7, 11) is 0. The highest BCUT2D eigenvalue weighted by atomic mass is 16.7. The molecule has 0 aromatic carbocycles. The smallest absolute Gasteiger partial charge is 0.334 e. The van der Waals surface area contributed by atoms with E-state index in [9.17, 15) is 9.90 Å². The summed E-state index contributed by atoms with van der Waals surface area (Å²) < 4.78 is 30.3. The van der Waals surface area contributed by atoms with Crippen LogP contribution in [0.25, 0.3) is 0 Å². The standard InChI is InChI=1S/C38H66O7/c1-3-4-5-15-19-31-20-17-22-34(42-28-41-31)35-25-26-37(45-35)36-24-23-33(44-36)32(39)21-16-13-11-9-7-6-8-10-12-14-18-30-27-29(2)43-38(30)40/h27,29,31-37,39H,3-26,28H2,1-2H3/t29-,31-,32-,33-,34-,35+,36-,37-/m0/s1. The molecule has 8 atom stereocenters. The van der Waals surface area contributed by atoms with Gasteiger partial charge in [0.15, 0.2) is 0 Å². The summed E-state index contributed by atoms with van der Waals surface area (Å²) in [5.74, 6) is -0.115. The fourth-order valence-electron chi connectivity index (χ4n) is 7.82. The normalized spacial score (nSPS) is 31.5. The van der Waals surface area contributed by atoms with E-state index in [1.54, 1.807) is 0 Å². The fourth-order valence-corrected chi connectivity index (χ4v) is 7.82. The summed E-state index contributed by atoms with van der Waals surface area (Å²) in [5, 5.41) is 10.8. The van der Waals surface area contributed by atoms with Crippen LogP contribution in [0, 0.1) is 0 Å². The van der Waals surface area contributed by atoms with Crippen LogP contribution in [0.1, 0.15) is 168 Å². The van der Waals surface area contributed by atoms with Gasteiger partial charge in [-0.25, -0.2) is 4.79 Å². The lowest BCUT2D eigenvalue weighted by molar-refractivity contribution is -0.175. The third-order valence-electron chi connectivity index (χ3n) is 10.6. The predicted molar refractivity (Wildman–Crippen MR) is 178 cm³/mol. The van der Waals surface area contributed by atoms with E-state index < -0.39 is 0 Å². The maximum absolute atomic E-state index is 11.6. The van der Waals surface area contributed by atoms with Crippen molar-refractivity contribution in [2.75, 3.05) is 6.79 Å². The summed E-state index contributed by atoms with van der Waals surface area (Å²) >= 11 is 0. The zero-order chi connectivity index (χ0) is 31.7. The van der Waals surface area contributed by atoms with Gasteiger partial charge in [0, 0.05) is 5.57 Å². The molecular formula is C38H66O7. The van der Waals surface area contributed by atoms with Crippen LogP contribution in [-0.2, 0) is 28.5 Å². The second-order valence-electron chi connectivity index (χ2n) is 14.4. The number of hydrogen-bond acceptors (Lipinski definition) is 7. The van der Waals surface area contributed by atoms with Gasteiger partial charge in [-0.3, -0.25) is 0 Å². The molecule has 4 aliphatic rings. The van der Waals surface area contributed by atoms with Crippen molar-refractivity contribution in [2.24, 2.45) is 0 Å². The molecule has 7 heteroatoms. The topological polar surface area (TPSA) is 83.5 Å². The minimum Gasteiger partial charge on any atom is -0.455 e. The number of carbonyl (C=O) groups excluding carboxylic acids is 1. The maximum Gasteiger partial charge on any atom is 0.334 e. The van der Waals surface area contributed by atoms with E-state index in [0.717, 1.165) is 82.6 Å². The Kier molecular flexibility index (Phi) is 17.3. The molecule has 260 valence electrons. The highest BCUT2D eigenvalue weighted by Gasteiger charge is 2.41. The lowest BCUT2D eigenvalue weighted by atomic mass is 9.99. The first-order chi connectivity index (χ1) is 22.0. The van der Waals surface area contributed by atoms with Crippen LogP contribution in [0.15, 0.2) is 11.6 Å². The predicted octanol–water partition coefficient (Wildman–Crippen LogP) is 8.88. The molecular weight excluding hydrogens is 568 g/mol. The van der Waals surface area contributed by atoms with Crippen LogP contribution < -0.4 is 0 Å². The van der Waals surface area contributed by atoms with E-state index in [1.807, 2.05) is 13.0 Å². The largest absolute Gasteiger partial charge is 0.455 e. The molecule has 0 bridgehead atoms. The van der Waals surface area contributed by atoms with Crippen molar-refractivity contribution in [3.8, 4) is 0 Å². The van der Waals surface area contributed by atoms with Crippen molar-refractivity contribution in [1.82, 2.24) is 0 Å². The summed E-state index contributed by atoms with van der Waals surface area (Å²) in [6.45, 7) is 4.57. The van der Waals surface area contributed by atoms with Crippen LogP contribution >= 0.6 is 0 Å². The molecule has 0 aliphatic carbocycles. The Hall–Kier alpha value is -0.990. The third-order valence-corrected chi connectivity index (χ3v) is 10.6. The van der Waals surface area contributed by atoms with Crippen molar-refractivity contribution in [3.05, 3.63) is 11.6 Å². The van der Waals surface area contributed by atoms with E-state index in [4.69, 9.17) is 23.7 Å². The fraction of sp³-hybridized carbons (Fsp3) is 0.921. The molecule has 45 heavy (non-hydrogen) atoms. The van der Waals surface area contributed by atoms with Gasteiger partial charge in [0.2, 0.25) is 0 Å². The third kappa shape index (κ3) is 13.2. The molecule has 3 fully saturated rings. The Labute approximate surface area is 274 Å². The first-order valence-corrected chi connectivity index (χ1v) is 19.2. The van der Waals surface area contributed by atoms with Gasteiger partial charge in [0.05, 0.1) is 42.7 Å². The SMILES string of the molecule is CCCCCC[C@H]1CCC[C@@H]([C@H]2CC[C@@H]([C@@H]3CC[C@@H]([C@@H](O)CCCCCCCCCCCCC4=C[C@H](C)OC4=O)O3)O2)OCO1. The van der Waals surface area contributed by atoms with Crippen molar-refractivity contribution < 1.29 is 33.6 Å². The Morgan fingerprint density at radius 3 is 2.09 bits per heavy atom. The summed E-state index contributed by atoms with van der Waals surface area (Å²) in [5.41, 5.74) is 0.872. The van der Waals surface area contributed by atoms with E-state index in [1.165, 1.54) is 77.0 Å². The summed E-state index contributed by atoms with van der Waals surface area (Å²) in [6.07, 6.45) is 29.9. The molecule has 0 amide bonds. The molecule has 0 aromatic rings. The quantitative estimate of drug-likeness (QED) is 0.0997. The zero-order valence-corrected chi connectivity index (χ0v) is 28.8. The van der Waals surface area contributed by atoms with Crippen molar-refractivity contribution in [1.29, 1.82) is 0 Å². The van der Waals surface area contributed by atoms with Crippen molar-refractivity contribution in [3.63, 3.8) is 0 Å². The number of carbonyl (C=O) groups is 1. The highest BCUT2D eigenvalue weighted by molar-refractivity contribution is 5.90. The molecule has 0 unspecified atom stereocenters. The molecule has 3 saturated heterocycles. The van der Waals surface area contributed by atoms with E-state index in [-0.39, 0.29) is 48.7 Å². The van der Waals surface area contributed by atoms with Gasteiger partial charge in [0.25, 0.3) is 0 Å². The first-order valence-electron chi connectivity index (χ1n) is 19.2. The van der Waals surface area contributed by atoms with Crippen molar-refractivity contribution >= 4 is 5.97 Å². The molecule has 0 saturated carbocycles. The number of hydrogen-bond donors (Lipinski definition) is 1. The van der Waals surface area contributed by atoms with Gasteiger partial charge in [-0.1, -0.05) is 90.4 Å². The lowest BCUT2D eigenvalue weighted by Gasteiger charge is -2.30. The van der Waals surface area contributed by atoms with Crippen LogP contribution in [0.4, 0.5) is 0 Å². The van der Waals surface area contributed by atoms with E-state index >= 15 is 0 Å². The average molecular weight is 635 g/mol. The van der Waals surface area contributed by atoms with Gasteiger partial charge in [-0.2, -0.15) is 0 Å². The van der Waals surface area contributed by atoms with Gasteiger partial charge < -0.3 is 28.8 Å². The first kappa shape index (κ1) is 36.8. The van der Waals surface area contributed by atoms with Crippen LogP contribution in [-0.4, -0.2) is 66.7 Å².